The maximum Gasteiger partial charge on any atom is 0.410 e. The molecule has 4 heteroatoms. The van der Waals surface area contributed by atoms with Crippen molar-refractivity contribution in [1.82, 2.24) is 4.90 Å². The van der Waals surface area contributed by atoms with Crippen molar-refractivity contribution in [3.63, 3.8) is 0 Å². The van der Waals surface area contributed by atoms with Gasteiger partial charge in [-0.1, -0.05) is 17.7 Å². The summed E-state index contributed by atoms with van der Waals surface area (Å²) in [6.45, 7) is 10.1. The predicted molar refractivity (Wildman–Crippen MR) is 97.4 cm³/mol. The summed E-state index contributed by atoms with van der Waals surface area (Å²) in [6.07, 6.45) is 4.05. The highest BCUT2D eigenvalue weighted by Gasteiger charge is 2.44. The van der Waals surface area contributed by atoms with Gasteiger partial charge in [0.15, 0.2) is 0 Å². The number of hydrogen-bond donors (Lipinski definition) is 1. The Labute approximate surface area is 145 Å². The first-order valence-corrected chi connectivity index (χ1v) is 9.08. The third-order valence-electron chi connectivity index (χ3n) is 5.08. The Morgan fingerprint density at radius 3 is 2.33 bits per heavy atom. The van der Waals surface area contributed by atoms with E-state index in [-0.39, 0.29) is 6.09 Å². The number of carbonyl (C=O) groups excluding carboxylic acids is 1. The third-order valence-corrected chi connectivity index (χ3v) is 5.08. The molecular weight excluding hydrogens is 300 g/mol. The van der Waals surface area contributed by atoms with Gasteiger partial charge in [0.2, 0.25) is 0 Å². The highest BCUT2D eigenvalue weighted by Crippen LogP contribution is 2.38. The van der Waals surface area contributed by atoms with E-state index in [9.17, 15) is 4.79 Å². The number of piperidine rings is 1. The summed E-state index contributed by atoms with van der Waals surface area (Å²) in [6, 6.07) is 7.59. The Balaban J connectivity index is 1.66. The summed E-state index contributed by atoms with van der Waals surface area (Å²) in [7, 11) is 0. The molecule has 2 unspecified atom stereocenters. The predicted octanol–water partition coefficient (Wildman–Crippen LogP) is 4.65. The van der Waals surface area contributed by atoms with Crippen molar-refractivity contribution in [2.24, 2.45) is 0 Å². The largest absolute Gasteiger partial charge is 0.444 e. The molecule has 2 bridgehead atoms. The molecule has 0 aromatic heterocycles. The number of nitrogens with zero attached hydrogens (tertiary/aromatic N) is 1. The first-order valence-electron chi connectivity index (χ1n) is 9.08. The number of anilines is 1. The van der Waals surface area contributed by atoms with Crippen LogP contribution in [0.4, 0.5) is 10.5 Å². The Bertz CT molecular complexity index is 607. The normalized spacial score (nSPS) is 26.4. The van der Waals surface area contributed by atoms with Crippen molar-refractivity contribution < 1.29 is 9.53 Å². The van der Waals surface area contributed by atoms with Crippen LogP contribution in [0.25, 0.3) is 0 Å². The molecule has 1 aromatic rings. The van der Waals surface area contributed by atoms with Gasteiger partial charge in [-0.25, -0.2) is 4.79 Å². The lowest BCUT2D eigenvalue weighted by molar-refractivity contribution is 0.00683. The minimum absolute atomic E-state index is 0.139. The van der Waals surface area contributed by atoms with Gasteiger partial charge in [0.25, 0.3) is 0 Å². The molecule has 2 aliphatic rings. The lowest BCUT2D eigenvalue weighted by Crippen LogP contribution is -2.51. The van der Waals surface area contributed by atoms with Crippen molar-refractivity contribution in [3.8, 4) is 0 Å². The minimum Gasteiger partial charge on any atom is -0.444 e. The third kappa shape index (κ3) is 3.68. The number of carbonyl (C=O) groups is 1. The van der Waals surface area contributed by atoms with Gasteiger partial charge in [-0.15, -0.1) is 0 Å². The highest BCUT2D eigenvalue weighted by atomic mass is 16.6. The number of hydrogen-bond acceptors (Lipinski definition) is 3. The molecule has 0 spiro atoms. The van der Waals surface area contributed by atoms with Crippen molar-refractivity contribution in [2.75, 3.05) is 5.32 Å². The molecule has 0 radical (unpaired) electrons. The molecule has 2 atom stereocenters. The van der Waals surface area contributed by atoms with Crippen LogP contribution >= 0.6 is 0 Å². The number of rotatable bonds is 2. The van der Waals surface area contributed by atoms with Gasteiger partial charge in [0.05, 0.1) is 0 Å². The quantitative estimate of drug-likeness (QED) is 0.858. The monoisotopic (exact) mass is 330 g/mol. The first kappa shape index (κ1) is 17.1. The number of fused-ring (bicyclic) bond motifs is 2. The summed E-state index contributed by atoms with van der Waals surface area (Å²) in [4.78, 5) is 14.5. The standard InChI is InChI=1S/C20H30N2O2/c1-13-6-9-18(14(2)10-13)21-15-11-16-7-8-17(12-15)22(16)19(23)24-20(3,4)5/h6,9-10,15-17,21H,7-8,11-12H2,1-5H3. The molecule has 0 aliphatic carbocycles. The van der Waals surface area contributed by atoms with Crippen molar-refractivity contribution in [2.45, 2.75) is 84.0 Å². The average Bonchev–Trinajstić information content (AvgIpc) is 2.72. The van der Waals surface area contributed by atoms with Crippen molar-refractivity contribution >= 4 is 11.8 Å². The molecule has 3 rings (SSSR count). The fourth-order valence-corrected chi connectivity index (χ4v) is 4.10. The zero-order valence-corrected chi connectivity index (χ0v) is 15.6. The summed E-state index contributed by atoms with van der Waals surface area (Å²) < 4.78 is 5.61. The van der Waals surface area contributed by atoms with Gasteiger partial charge < -0.3 is 15.0 Å². The van der Waals surface area contributed by atoms with E-state index in [1.165, 1.54) is 16.8 Å². The molecular formula is C20H30N2O2. The van der Waals surface area contributed by atoms with E-state index in [1.807, 2.05) is 25.7 Å². The molecule has 4 nitrogen and oxygen atoms in total. The van der Waals surface area contributed by atoms with Crippen LogP contribution < -0.4 is 5.32 Å². The maximum absolute atomic E-state index is 12.5. The number of ether oxygens (including phenoxy) is 1. The second-order valence-electron chi connectivity index (χ2n) is 8.40. The smallest absolute Gasteiger partial charge is 0.410 e. The molecule has 0 saturated carbocycles. The van der Waals surface area contributed by atoms with Crippen LogP contribution in [-0.2, 0) is 4.74 Å². The Morgan fingerprint density at radius 2 is 1.79 bits per heavy atom. The van der Waals surface area contributed by atoms with Crippen LogP contribution in [0.5, 0.6) is 0 Å². The Kier molecular flexibility index (Phi) is 4.50. The summed E-state index contributed by atoms with van der Waals surface area (Å²) in [5.41, 5.74) is 3.37. The zero-order chi connectivity index (χ0) is 17.5. The molecule has 24 heavy (non-hydrogen) atoms. The molecule has 2 heterocycles. The van der Waals surface area contributed by atoms with Gasteiger partial charge in [0.1, 0.15) is 5.60 Å². The first-order chi connectivity index (χ1) is 11.2. The maximum atomic E-state index is 12.5. The second-order valence-corrected chi connectivity index (χ2v) is 8.40. The molecule has 1 aromatic carbocycles. The van der Waals surface area contributed by atoms with E-state index in [2.05, 4.69) is 37.4 Å². The summed E-state index contributed by atoms with van der Waals surface area (Å²) in [5, 5.41) is 3.71. The summed E-state index contributed by atoms with van der Waals surface area (Å²) in [5.74, 6) is 0. The Morgan fingerprint density at radius 1 is 1.17 bits per heavy atom. The van der Waals surface area contributed by atoms with Crippen LogP contribution in [0.3, 0.4) is 0 Å². The molecule has 1 N–H and O–H groups in total. The van der Waals surface area contributed by atoms with E-state index in [0.29, 0.717) is 18.1 Å². The lowest BCUT2D eigenvalue weighted by atomic mass is 9.97. The van der Waals surface area contributed by atoms with Gasteiger partial charge in [-0.2, -0.15) is 0 Å². The van der Waals surface area contributed by atoms with Crippen LogP contribution in [0.1, 0.15) is 57.6 Å². The molecule has 2 fully saturated rings. The molecule has 2 saturated heterocycles. The number of nitrogens with one attached hydrogen (secondary N) is 1. The van der Waals surface area contributed by atoms with E-state index in [0.717, 1.165) is 25.7 Å². The van der Waals surface area contributed by atoms with Crippen molar-refractivity contribution in [3.05, 3.63) is 29.3 Å². The SMILES string of the molecule is Cc1ccc(NC2CC3CCC(C2)N3C(=O)OC(C)(C)C)c(C)c1. The van der Waals surface area contributed by atoms with Crippen LogP contribution in [-0.4, -0.2) is 34.7 Å². The fourth-order valence-electron chi connectivity index (χ4n) is 4.10. The second kappa shape index (κ2) is 6.30. The number of benzene rings is 1. The molecule has 1 amide bonds. The van der Waals surface area contributed by atoms with Gasteiger partial charge in [0, 0.05) is 23.8 Å². The number of amides is 1. The average molecular weight is 330 g/mol. The minimum atomic E-state index is -0.426. The fraction of sp³-hybridized carbons (Fsp3) is 0.650. The van der Waals surface area contributed by atoms with Crippen LogP contribution in [0.15, 0.2) is 18.2 Å². The highest BCUT2D eigenvalue weighted by molar-refractivity contribution is 5.70. The van der Waals surface area contributed by atoms with Gasteiger partial charge >= 0.3 is 6.09 Å². The van der Waals surface area contributed by atoms with E-state index >= 15 is 0 Å². The van der Waals surface area contributed by atoms with Gasteiger partial charge in [-0.05, 0) is 71.9 Å². The van der Waals surface area contributed by atoms with Crippen LogP contribution in [0.2, 0.25) is 0 Å². The lowest BCUT2D eigenvalue weighted by Gasteiger charge is -2.40. The van der Waals surface area contributed by atoms with Gasteiger partial charge in [-0.3, -0.25) is 0 Å². The number of aryl methyl sites for hydroxylation is 2. The molecule has 132 valence electrons. The summed E-state index contributed by atoms with van der Waals surface area (Å²) >= 11 is 0. The van der Waals surface area contributed by atoms with E-state index in [4.69, 9.17) is 4.74 Å². The topological polar surface area (TPSA) is 41.6 Å². The van der Waals surface area contributed by atoms with Crippen molar-refractivity contribution in [1.29, 1.82) is 0 Å². The molecule has 2 aliphatic heterocycles. The van der Waals surface area contributed by atoms with E-state index in [1.54, 1.807) is 0 Å². The Hall–Kier alpha value is -1.71. The van der Waals surface area contributed by atoms with Crippen LogP contribution in [0, 0.1) is 13.8 Å². The zero-order valence-electron chi connectivity index (χ0n) is 15.6. The van der Waals surface area contributed by atoms with E-state index < -0.39 is 5.60 Å².